The third kappa shape index (κ3) is 5.21. The fourth-order valence-electron chi connectivity index (χ4n) is 1.86. The van der Waals surface area contributed by atoms with E-state index in [1.54, 1.807) is 32.1 Å². The maximum absolute atomic E-state index is 11.9. The molecule has 0 radical (unpaired) electrons. The molecule has 0 aliphatic rings. The van der Waals surface area contributed by atoms with Crippen LogP contribution in [0, 0.1) is 5.41 Å². The number of urea groups is 1. The van der Waals surface area contributed by atoms with Gasteiger partial charge in [-0.1, -0.05) is 20.8 Å². The molecule has 20 heavy (non-hydrogen) atoms. The van der Waals surface area contributed by atoms with Crippen molar-refractivity contribution in [3.8, 4) is 0 Å². The number of carbonyl (C=O) groups is 2. The van der Waals surface area contributed by atoms with E-state index in [0.717, 1.165) is 12.0 Å². The van der Waals surface area contributed by atoms with Crippen molar-refractivity contribution in [3.63, 3.8) is 0 Å². The van der Waals surface area contributed by atoms with E-state index in [-0.39, 0.29) is 6.04 Å². The summed E-state index contributed by atoms with van der Waals surface area (Å²) in [6, 6.07) is 0.584. The molecule has 0 aromatic carbocycles. The first-order chi connectivity index (χ1) is 9.20. The molecule has 1 aromatic rings. The lowest BCUT2D eigenvalue weighted by Crippen LogP contribution is -2.53. The molecule has 0 saturated heterocycles. The van der Waals surface area contributed by atoms with Crippen molar-refractivity contribution in [3.05, 3.63) is 22.4 Å². The molecule has 2 atom stereocenters. The summed E-state index contributed by atoms with van der Waals surface area (Å²) in [5.74, 6) is -1.03. The van der Waals surface area contributed by atoms with Crippen LogP contribution in [-0.4, -0.2) is 29.2 Å². The summed E-state index contributed by atoms with van der Waals surface area (Å²) >= 11 is 1.61. The molecule has 1 rings (SSSR count). The standard InChI is InChI=1S/C14H22N2O3S/c1-9(7-10-5-6-20-8-10)15-13(19)16-11(12(17)18)14(2,3)4/h5-6,8-9,11H,7H2,1-4H3,(H,17,18)(H2,15,16,19)/t9?,11-/m0/s1. The van der Waals surface area contributed by atoms with Crippen LogP contribution in [0.3, 0.4) is 0 Å². The van der Waals surface area contributed by atoms with Crippen molar-refractivity contribution < 1.29 is 14.7 Å². The van der Waals surface area contributed by atoms with Crippen LogP contribution < -0.4 is 10.6 Å². The summed E-state index contributed by atoms with van der Waals surface area (Å²) in [6.45, 7) is 7.23. The number of thiophene rings is 1. The molecule has 3 N–H and O–H groups in total. The number of hydrogen-bond donors (Lipinski definition) is 3. The van der Waals surface area contributed by atoms with Crippen LogP contribution in [-0.2, 0) is 11.2 Å². The van der Waals surface area contributed by atoms with Gasteiger partial charge in [0, 0.05) is 6.04 Å². The van der Waals surface area contributed by atoms with Crippen molar-refractivity contribution >= 4 is 23.3 Å². The van der Waals surface area contributed by atoms with Crippen LogP contribution in [0.25, 0.3) is 0 Å². The second-order valence-corrected chi connectivity index (χ2v) is 6.77. The van der Waals surface area contributed by atoms with E-state index in [9.17, 15) is 9.59 Å². The Hall–Kier alpha value is -1.56. The highest BCUT2D eigenvalue weighted by Crippen LogP contribution is 2.19. The first-order valence-corrected chi connectivity index (χ1v) is 7.45. The summed E-state index contributed by atoms with van der Waals surface area (Å²) in [4.78, 5) is 23.0. The number of hydrogen-bond acceptors (Lipinski definition) is 3. The van der Waals surface area contributed by atoms with Crippen molar-refractivity contribution in [2.75, 3.05) is 0 Å². The van der Waals surface area contributed by atoms with Gasteiger partial charge in [-0.15, -0.1) is 0 Å². The van der Waals surface area contributed by atoms with Crippen LogP contribution >= 0.6 is 11.3 Å². The van der Waals surface area contributed by atoms with Crippen LogP contribution in [0.15, 0.2) is 16.8 Å². The third-order valence-corrected chi connectivity index (χ3v) is 3.62. The molecule has 1 aromatic heterocycles. The third-order valence-electron chi connectivity index (χ3n) is 2.89. The summed E-state index contributed by atoms with van der Waals surface area (Å²) < 4.78 is 0. The topological polar surface area (TPSA) is 78.4 Å². The lowest BCUT2D eigenvalue weighted by Gasteiger charge is -2.28. The molecule has 2 amide bonds. The number of nitrogens with one attached hydrogen (secondary N) is 2. The zero-order valence-corrected chi connectivity index (χ0v) is 13.1. The predicted octanol–water partition coefficient (Wildman–Crippen LogP) is 2.48. The Morgan fingerprint density at radius 2 is 2.00 bits per heavy atom. The van der Waals surface area contributed by atoms with E-state index in [1.165, 1.54) is 0 Å². The first-order valence-electron chi connectivity index (χ1n) is 6.51. The molecule has 1 unspecified atom stereocenters. The molecule has 6 heteroatoms. The Balaban J connectivity index is 2.51. The maximum atomic E-state index is 11.9. The summed E-state index contributed by atoms with van der Waals surface area (Å²) in [6.07, 6.45) is 0.726. The molecule has 0 aliphatic heterocycles. The Morgan fingerprint density at radius 3 is 2.45 bits per heavy atom. The van der Waals surface area contributed by atoms with Gasteiger partial charge in [-0.3, -0.25) is 0 Å². The van der Waals surface area contributed by atoms with Gasteiger partial charge in [0.1, 0.15) is 6.04 Å². The zero-order valence-electron chi connectivity index (χ0n) is 12.3. The number of amides is 2. The highest BCUT2D eigenvalue weighted by Gasteiger charge is 2.32. The Bertz CT molecular complexity index is 451. The monoisotopic (exact) mass is 298 g/mol. The quantitative estimate of drug-likeness (QED) is 0.781. The number of carboxylic acid groups (broad SMARTS) is 1. The fourth-order valence-corrected chi connectivity index (χ4v) is 2.54. The normalized spacial score (nSPS) is 14.4. The van der Waals surface area contributed by atoms with Gasteiger partial charge in [0.15, 0.2) is 0 Å². The summed E-state index contributed by atoms with van der Waals surface area (Å²) in [5, 5.41) is 18.5. The minimum Gasteiger partial charge on any atom is -0.480 e. The van der Waals surface area contributed by atoms with Crippen LogP contribution in [0.2, 0.25) is 0 Å². The minimum absolute atomic E-state index is 0.0565. The smallest absolute Gasteiger partial charge is 0.326 e. The lowest BCUT2D eigenvalue weighted by atomic mass is 9.87. The van der Waals surface area contributed by atoms with Crippen molar-refractivity contribution in [1.29, 1.82) is 0 Å². The van der Waals surface area contributed by atoms with E-state index < -0.39 is 23.5 Å². The fraction of sp³-hybridized carbons (Fsp3) is 0.571. The van der Waals surface area contributed by atoms with Gasteiger partial charge >= 0.3 is 12.0 Å². The van der Waals surface area contributed by atoms with Gasteiger partial charge in [0.25, 0.3) is 0 Å². The zero-order chi connectivity index (χ0) is 15.3. The van der Waals surface area contributed by atoms with Gasteiger partial charge in [-0.25, -0.2) is 9.59 Å². The second-order valence-electron chi connectivity index (χ2n) is 5.99. The first kappa shape index (κ1) is 16.5. The molecule has 5 nitrogen and oxygen atoms in total. The predicted molar refractivity (Wildman–Crippen MR) is 80.0 cm³/mol. The Kier molecular flexibility index (Phi) is 5.56. The average molecular weight is 298 g/mol. The Labute approximate surface area is 123 Å². The largest absolute Gasteiger partial charge is 0.480 e. The van der Waals surface area contributed by atoms with E-state index >= 15 is 0 Å². The molecule has 0 aliphatic carbocycles. The number of carboxylic acids is 1. The molecular weight excluding hydrogens is 276 g/mol. The van der Waals surface area contributed by atoms with Crippen molar-refractivity contribution in [2.45, 2.75) is 46.2 Å². The van der Waals surface area contributed by atoms with Gasteiger partial charge in [-0.05, 0) is 41.1 Å². The average Bonchev–Trinajstić information content (AvgIpc) is 2.76. The molecule has 0 saturated carbocycles. The van der Waals surface area contributed by atoms with Crippen molar-refractivity contribution in [1.82, 2.24) is 10.6 Å². The van der Waals surface area contributed by atoms with Gasteiger partial charge in [-0.2, -0.15) is 11.3 Å². The van der Waals surface area contributed by atoms with E-state index in [1.807, 2.05) is 23.8 Å². The van der Waals surface area contributed by atoms with E-state index in [4.69, 9.17) is 5.11 Å². The SMILES string of the molecule is CC(Cc1ccsc1)NC(=O)N[C@@H](C(=O)O)C(C)(C)C. The summed E-state index contributed by atoms with van der Waals surface area (Å²) in [5.41, 5.74) is 0.619. The Morgan fingerprint density at radius 1 is 1.35 bits per heavy atom. The van der Waals surface area contributed by atoms with Crippen LogP contribution in [0.5, 0.6) is 0 Å². The van der Waals surface area contributed by atoms with Crippen LogP contribution in [0.4, 0.5) is 4.79 Å². The number of aliphatic carboxylic acids is 1. The van der Waals surface area contributed by atoms with Gasteiger partial charge in [0.2, 0.25) is 0 Å². The lowest BCUT2D eigenvalue weighted by molar-refractivity contribution is -0.141. The number of rotatable bonds is 5. The highest BCUT2D eigenvalue weighted by molar-refractivity contribution is 7.07. The molecular formula is C14H22N2O3S. The molecule has 1 heterocycles. The molecule has 0 fully saturated rings. The molecule has 112 valence electrons. The van der Waals surface area contributed by atoms with Crippen molar-refractivity contribution in [2.24, 2.45) is 5.41 Å². The molecule has 0 spiro atoms. The summed E-state index contributed by atoms with van der Waals surface area (Å²) in [7, 11) is 0. The van der Waals surface area contributed by atoms with E-state index in [2.05, 4.69) is 10.6 Å². The second kappa shape index (κ2) is 6.74. The van der Waals surface area contributed by atoms with E-state index in [0.29, 0.717) is 0 Å². The maximum Gasteiger partial charge on any atom is 0.326 e. The number of carbonyl (C=O) groups excluding carboxylic acids is 1. The molecule has 0 bridgehead atoms. The van der Waals surface area contributed by atoms with Crippen LogP contribution in [0.1, 0.15) is 33.3 Å². The minimum atomic E-state index is -1.03. The van der Waals surface area contributed by atoms with Gasteiger partial charge in [0.05, 0.1) is 0 Å². The highest BCUT2D eigenvalue weighted by atomic mass is 32.1. The van der Waals surface area contributed by atoms with Gasteiger partial charge < -0.3 is 15.7 Å².